The second kappa shape index (κ2) is 11.5. The number of rotatable bonds is 10. The van der Waals surface area contributed by atoms with E-state index in [9.17, 15) is 9.59 Å². The molecule has 0 unspecified atom stereocenters. The molecule has 8 nitrogen and oxygen atoms in total. The number of para-hydroxylation sites is 1. The molecular weight excluding hydrogens is 484 g/mol. The number of thiophene rings is 1. The number of amides is 1. The smallest absolute Gasteiger partial charge is 0.341 e. The highest BCUT2D eigenvalue weighted by atomic mass is 35.5. The van der Waals surface area contributed by atoms with Crippen LogP contribution in [0.4, 0.5) is 5.00 Å². The van der Waals surface area contributed by atoms with E-state index < -0.39 is 5.97 Å². The summed E-state index contributed by atoms with van der Waals surface area (Å²) >= 11 is 8.78. The number of hydrogen-bond donors (Lipinski definition) is 1. The van der Waals surface area contributed by atoms with Crippen molar-refractivity contribution in [1.82, 2.24) is 14.8 Å². The van der Waals surface area contributed by atoms with Gasteiger partial charge < -0.3 is 19.4 Å². The number of benzene rings is 1. The predicted molar refractivity (Wildman–Crippen MR) is 131 cm³/mol. The Balaban J connectivity index is 1.65. The van der Waals surface area contributed by atoms with Crippen molar-refractivity contribution in [3.05, 3.63) is 51.1 Å². The summed E-state index contributed by atoms with van der Waals surface area (Å²) < 4.78 is 12.6. The minimum absolute atomic E-state index is 0.114. The Bertz CT molecular complexity index is 1150. The summed E-state index contributed by atoms with van der Waals surface area (Å²) in [5.41, 5.74) is 1.32. The van der Waals surface area contributed by atoms with E-state index in [0.29, 0.717) is 45.3 Å². The Kier molecular flexibility index (Phi) is 8.76. The third-order valence-corrected chi connectivity index (χ3v) is 7.18. The molecule has 0 aliphatic rings. The van der Waals surface area contributed by atoms with Crippen molar-refractivity contribution in [2.45, 2.75) is 45.5 Å². The summed E-state index contributed by atoms with van der Waals surface area (Å²) in [4.78, 5) is 25.9. The number of nitrogens with one attached hydrogen (secondary N) is 1. The zero-order valence-corrected chi connectivity index (χ0v) is 21.2. The maximum Gasteiger partial charge on any atom is 0.341 e. The normalized spacial score (nSPS) is 10.8. The largest absolute Gasteiger partial charge is 0.484 e. The Labute approximate surface area is 205 Å². The van der Waals surface area contributed by atoms with Crippen molar-refractivity contribution in [1.29, 1.82) is 0 Å². The number of carbonyl (C=O) groups excluding carboxylic acids is 2. The molecule has 1 aromatic carbocycles. The van der Waals surface area contributed by atoms with Gasteiger partial charge in [0, 0.05) is 11.4 Å². The number of esters is 1. The predicted octanol–water partition coefficient (Wildman–Crippen LogP) is 4.98. The van der Waals surface area contributed by atoms with Crippen LogP contribution in [-0.4, -0.2) is 39.5 Å². The van der Waals surface area contributed by atoms with E-state index in [1.165, 1.54) is 30.2 Å². The second-order valence-corrected chi connectivity index (χ2v) is 9.46. The standard InChI is InChI=1S/C22H25ClN4O4S2/c1-5-14-13(3)33-20(19(14)21(29)30-4)24-18(28)12-32-22-26-25-17(27(22)6-2)11-31-16-10-8-7-9-15(16)23/h7-10H,5-6,11-12H2,1-4H3,(H,24,28). The number of hydrogen-bond acceptors (Lipinski definition) is 8. The molecule has 0 fully saturated rings. The average Bonchev–Trinajstić information content (AvgIpc) is 3.35. The molecule has 0 aliphatic carbocycles. The van der Waals surface area contributed by atoms with E-state index in [-0.39, 0.29) is 18.3 Å². The number of ether oxygens (including phenoxy) is 2. The summed E-state index contributed by atoms with van der Waals surface area (Å²) in [6, 6.07) is 7.22. The lowest BCUT2D eigenvalue weighted by Gasteiger charge is -2.10. The van der Waals surface area contributed by atoms with Crippen molar-refractivity contribution in [2.24, 2.45) is 0 Å². The van der Waals surface area contributed by atoms with Crippen LogP contribution in [0.25, 0.3) is 0 Å². The van der Waals surface area contributed by atoms with Crippen LogP contribution in [0.1, 0.15) is 40.5 Å². The van der Waals surface area contributed by atoms with Crippen molar-refractivity contribution < 1.29 is 19.1 Å². The van der Waals surface area contributed by atoms with Crippen LogP contribution in [-0.2, 0) is 29.1 Å². The Morgan fingerprint density at radius 1 is 1.24 bits per heavy atom. The van der Waals surface area contributed by atoms with Crippen molar-refractivity contribution >= 4 is 51.6 Å². The van der Waals surface area contributed by atoms with Gasteiger partial charge in [-0.1, -0.05) is 42.4 Å². The molecule has 3 aromatic rings. The van der Waals surface area contributed by atoms with E-state index in [0.717, 1.165) is 10.4 Å². The topological polar surface area (TPSA) is 95.3 Å². The molecule has 0 aliphatic heterocycles. The molecule has 0 bridgehead atoms. The van der Waals surface area contributed by atoms with Gasteiger partial charge in [-0.3, -0.25) is 4.79 Å². The molecule has 2 aromatic heterocycles. The fourth-order valence-electron chi connectivity index (χ4n) is 3.26. The first kappa shape index (κ1) is 25.1. The molecule has 0 atom stereocenters. The number of carbonyl (C=O) groups is 2. The number of thioether (sulfide) groups is 1. The highest BCUT2D eigenvalue weighted by Gasteiger charge is 2.23. The number of aryl methyl sites for hydroxylation is 1. The third-order valence-electron chi connectivity index (χ3n) is 4.84. The summed E-state index contributed by atoms with van der Waals surface area (Å²) in [7, 11) is 1.33. The van der Waals surface area contributed by atoms with Crippen LogP contribution in [0, 0.1) is 6.92 Å². The van der Waals surface area contributed by atoms with Gasteiger partial charge in [0.25, 0.3) is 0 Å². The lowest BCUT2D eigenvalue weighted by atomic mass is 10.1. The first-order valence-electron chi connectivity index (χ1n) is 10.3. The molecular formula is C22H25ClN4O4S2. The van der Waals surface area contributed by atoms with E-state index >= 15 is 0 Å². The molecule has 176 valence electrons. The number of halogens is 1. The molecule has 2 heterocycles. The highest BCUT2D eigenvalue weighted by Crippen LogP contribution is 2.34. The van der Waals surface area contributed by atoms with Crippen LogP contribution in [0.2, 0.25) is 5.02 Å². The number of nitrogens with zero attached hydrogens (tertiary/aromatic N) is 3. The monoisotopic (exact) mass is 508 g/mol. The fraction of sp³-hybridized carbons (Fsp3) is 0.364. The first-order chi connectivity index (χ1) is 15.9. The quantitative estimate of drug-likeness (QED) is 0.305. The van der Waals surface area contributed by atoms with Gasteiger partial charge in [0.15, 0.2) is 11.0 Å². The second-order valence-electron chi connectivity index (χ2n) is 6.89. The molecule has 0 spiro atoms. The van der Waals surface area contributed by atoms with Gasteiger partial charge in [0.1, 0.15) is 17.4 Å². The van der Waals surface area contributed by atoms with E-state index in [1.54, 1.807) is 12.1 Å². The average molecular weight is 509 g/mol. The summed E-state index contributed by atoms with van der Waals surface area (Å²) in [6.45, 7) is 6.68. The van der Waals surface area contributed by atoms with Crippen molar-refractivity contribution in [3.63, 3.8) is 0 Å². The Morgan fingerprint density at radius 3 is 2.67 bits per heavy atom. The third kappa shape index (κ3) is 5.87. The van der Waals surface area contributed by atoms with E-state index in [1.807, 2.05) is 37.5 Å². The maximum atomic E-state index is 12.6. The van der Waals surface area contributed by atoms with Crippen LogP contribution in [0.3, 0.4) is 0 Å². The van der Waals surface area contributed by atoms with E-state index in [4.69, 9.17) is 21.1 Å². The minimum atomic E-state index is -0.451. The zero-order valence-electron chi connectivity index (χ0n) is 18.8. The Morgan fingerprint density at radius 2 is 2.00 bits per heavy atom. The SMILES string of the molecule is CCc1c(C)sc(NC(=O)CSc2nnc(COc3ccccc3Cl)n2CC)c1C(=O)OC. The lowest BCUT2D eigenvalue weighted by Crippen LogP contribution is -2.17. The summed E-state index contributed by atoms with van der Waals surface area (Å²) in [5.74, 6) is 0.622. The summed E-state index contributed by atoms with van der Waals surface area (Å²) in [6.07, 6.45) is 0.677. The molecule has 0 radical (unpaired) electrons. The van der Waals surface area contributed by atoms with Gasteiger partial charge in [-0.2, -0.15) is 0 Å². The number of aromatic nitrogens is 3. The van der Waals surface area contributed by atoms with Crippen molar-refractivity contribution in [2.75, 3.05) is 18.2 Å². The van der Waals surface area contributed by atoms with Gasteiger partial charge in [-0.25, -0.2) is 4.79 Å². The van der Waals surface area contributed by atoms with Gasteiger partial charge in [-0.15, -0.1) is 21.5 Å². The van der Waals surface area contributed by atoms with Crippen LogP contribution in [0.15, 0.2) is 29.4 Å². The zero-order chi connectivity index (χ0) is 24.0. The molecule has 33 heavy (non-hydrogen) atoms. The van der Waals surface area contributed by atoms with Crippen molar-refractivity contribution in [3.8, 4) is 5.75 Å². The fourth-order valence-corrected chi connectivity index (χ4v) is 5.42. The van der Waals surface area contributed by atoms with Gasteiger partial charge in [-0.05, 0) is 38.0 Å². The molecule has 0 saturated heterocycles. The maximum absolute atomic E-state index is 12.6. The number of anilines is 1. The van der Waals surface area contributed by atoms with Gasteiger partial charge >= 0.3 is 5.97 Å². The van der Waals surface area contributed by atoms with Gasteiger partial charge in [0.2, 0.25) is 5.91 Å². The molecule has 11 heteroatoms. The van der Waals surface area contributed by atoms with Crippen LogP contribution < -0.4 is 10.1 Å². The summed E-state index contributed by atoms with van der Waals surface area (Å²) in [5, 5.41) is 12.9. The molecule has 0 saturated carbocycles. The van der Waals surface area contributed by atoms with Crippen LogP contribution >= 0.6 is 34.7 Å². The molecule has 1 amide bonds. The lowest BCUT2D eigenvalue weighted by molar-refractivity contribution is -0.113. The van der Waals surface area contributed by atoms with Crippen LogP contribution in [0.5, 0.6) is 5.75 Å². The van der Waals surface area contributed by atoms with E-state index in [2.05, 4.69) is 15.5 Å². The Hall–Kier alpha value is -2.56. The molecule has 1 N–H and O–H groups in total. The first-order valence-corrected chi connectivity index (χ1v) is 12.5. The highest BCUT2D eigenvalue weighted by molar-refractivity contribution is 7.99. The minimum Gasteiger partial charge on any atom is -0.484 e. The number of methoxy groups -OCH3 is 1. The molecule has 3 rings (SSSR count). The van der Waals surface area contributed by atoms with Gasteiger partial charge in [0.05, 0.1) is 23.4 Å².